The molecule has 0 bridgehead atoms. The number of sulfonamides is 1. The highest BCUT2D eigenvalue weighted by molar-refractivity contribution is 7.98. The number of aryl methyl sites for hydroxylation is 1. The quantitative estimate of drug-likeness (QED) is 0.631. The van der Waals surface area contributed by atoms with Gasteiger partial charge in [-0.2, -0.15) is 16.5 Å². The molecule has 2 N–H and O–H groups in total. The zero-order chi connectivity index (χ0) is 20.0. The van der Waals surface area contributed by atoms with E-state index in [0.29, 0.717) is 17.9 Å². The SMILES string of the molecule is CSCCC(NS(=O)(=O)c1cc(Cl)ccc1Cl)C(=O)Nc1ccccc1C. The van der Waals surface area contributed by atoms with Crippen LogP contribution in [0.5, 0.6) is 0 Å². The Morgan fingerprint density at radius 3 is 2.56 bits per heavy atom. The van der Waals surface area contributed by atoms with E-state index in [1.165, 1.54) is 30.0 Å². The lowest BCUT2D eigenvalue weighted by Crippen LogP contribution is -2.44. The number of benzene rings is 2. The van der Waals surface area contributed by atoms with Crippen molar-refractivity contribution in [1.82, 2.24) is 4.72 Å². The summed E-state index contributed by atoms with van der Waals surface area (Å²) >= 11 is 13.4. The third-order valence-electron chi connectivity index (χ3n) is 3.81. The molecular weight excluding hydrogens is 427 g/mol. The molecule has 2 aromatic carbocycles. The highest BCUT2D eigenvalue weighted by atomic mass is 35.5. The number of para-hydroxylation sites is 1. The van der Waals surface area contributed by atoms with E-state index in [4.69, 9.17) is 23.2 Å². The third-order valence-corrected chi connectivity index (χ3v) is 6.64. The number of hydrogen-bond acceptors (Lipinski definition) is 4. The van der Waals surface area contributed by atoms with E-state index in [1.807, 2.05) is 25.3 Å². The highest BCUT2D eigenvalue weighted by Crippen LogP contribution is 2.25. The average Bonchev–Trinajstić information content (AvgIpc) is 2.62. The number of carbonyl (C=O) groups excluding carboxylic acids is 1. The van der Waals surface area contributed by atoms with Crippen molar-refractivity contribution >= 4 is 56.6 Å². The molecule has 0 saturated carbocycles. The largest absolute Gasteiger partial charge is 0.324 e. The van der Waals surface area contributed by atoms with Crippen LogP contribution in [0, 0.1) is 6.92 Å². The summed E-state index contributed by atoms with van der Waals surface area (Å²) in [5.41, 5.74) is 1.52. The van der Waals surface area contributed by atoms with E-state index >= 15 is 0 Å². The van der Waals surface area contributed by atoms with Gasteiger partial charge in [0.1, 0.15) is 10.9 Å². The highest BCUT2D eigenvalue weighted by Gasteiger charge is 2.27. The van der Waals surface area contributed by atoms with E-state index in [2.05, 4.69) is 10.0 Å². The molecule has 2 rings (SSSR count). The Morgan fingerprint density at radius 2 is 1.89 bits per heavy atom. The van der Waals surface area contributed by atoms with Crippen LogP contribution in [0.3, 0.4) is 0 Å². The summed E-state index contributed by atoms with van der Waals surface area (Å²) in [6, 6.07) is 10.5. The van der Waals surface area contributed by atoms with Gasteiger partial charge in [0.2, 0.25) is 15.9 Å². The van der Waals surface area contributed by atoms with Gasteiger partial charge in [-0.05, 0) is 55.2 Å². The fourth-order valence-corrected chi connectivity index (χ4v) is 4.81. The number of hydrogen-bond donors (Lipinski definition) is 2. The molecule has 0 aliphatic rings. The maximum Gasteiger partial charge on any atom is 0.242 e. The summed E-state index contributed by atoms with van der Waals surface area (Å²) in [6.45, 7) is 1.86. The number of carbonyl (C=O) groups is 1. The molecule has 5 nitrogen and oxygen atoms in total. The summed E-state index contributed by atoms with van der Waals surface area (Å²) in [5.74, 6) is 0.178. The Labute approximate surface area is 173 Å². The van der Waals surface area contributed by atoms with Crippen molar-refractivity contribution < 1.29 is 13.2 Å². The van der Waals surface area contributed by atoms with Crippen LogP contribution in [0.15, 0.2) is 47.4 Å². The normalized spacial score (nSPS) is 12.6. The van der Waals surface area contributed by atoms with E-state index in [0.717, 1.165) is 5.56 Å². The minimum absolute atomic E-state index is 0.0369. The second kappa shape index (κ2) is 9.80. The summed E-state index contributed by atoms with van der Waals surface area (Å²) in [5, 5.41) is 3.06. The van der Waals surface area contributed by atoms with Crippen molar-refractivity contribution in [3.8, 4) is 0 Å². The van der Waals surface area contributed by atoms with Crippen LogP contribution >= 0.6 is 35.0 Å². The lowest BCUT2D eigenvalue weighted by atomic mass is 10.1. The topological polar surface area (TPSA) is 75.3 Å². The predicted molar refractivity (Wildman–Crippen MR) is 113 cm³/mol. The van der Waals surface area contributed by atoms with Gasteiger partial charge in [0.15, 0.2) is 0 Å². The molecule has 146 valence electrons. The predicted octanol–water partition coefficient (Wildman–Crippen LogP) is 4.34. The van der Waals surface area contributed by atoms with Gasteiger partial charge in [-0.15, -0.1) is 0 Å². The minimum atomic E-state index is -4.03. The van der Waals surface area contributed by atoms with Gasteiger partial charge in [0.05, 0.1) is 5.02 Å². The van der Waals surface area contributed by atoms with Crippen LogP contribution in [-0.2, 0) is 14.8 Å². The van der Waals surface area contributed by atoms with Crippen LogP contribution in [0.2, 0.25) is 10.0 Å². The maximum absolute atomic E-state index is 12.8. The Morgan fingerprint density at radius 1 is 1.19 bits per heavy atom. The second-order valence-electron chi connectivity index (χ2n) is 5.83. The molecule has 1 unspecified atom stereocenters. The lowest BCUT2D eigenvalue weighted by Gasteiger charge is -2.19. The van der Waals surface area contributed by atoms with E-state index in [-0.39, 0.29) is 14.9 Å². The minimum Gasteiger partial charge on any atom is -0.324 e. The van der Waals surface area contributed by atoms with Gasteiger partial charge in [-0.3, -0.25) is 4.79 Å². The monoisotopic (exact) mass is 446 g/mol. The summed E-state index contributed by atoms with van der Waals surface area (Å²) in [6.07, 6.45) is 2.22. The van der Waals surface area contributed by atoms with Crippen molar-refractivity contribution in [2.75, 3.05) is 17.3 Å². The van der Waals surface area contributed by atoms with Crippen LogP contribution in [0.25, 0.3) is 0 Å². The molecule has 2 aromatic rings. The summed E-state index contributed by atoms with van der Waals surface area (Å²) < 4.78 is 28.0. The average molecular weight is 447 g/mol. The fourth-order valence-electron chi connectivity index (χ4n) is 2.35. The van der Waals surface area contributed by atoms with Gasteiger partial charge in [0.25, 0.3) is 0 Å². The lowest BCUT2D eigenvalue weighted by molar-refractivity contribution is -0.117. The summed E-state index contributed by atoms with van der Waals surface area (Å²) in [4.78, 5) is 12.6. The number of halogens is 2. The van der Waals surface area contributed by atoms with Gasteiger partial charge in [-0.25, -0.2) is 8.42 Å². The first kappa shape index (κ1) is 22.0. The molecule has 0 heterocycles. The molecule has 27 heavy (non-hydrogen) atoms. The van der Waals surface area contributed by atoms with Crippen molar-refractivity contribution in [2.24, 2.45) is 0 Å². The molecule has 0 saturated heterocycles. The molecule has 0 aromatic heterocycles. The Kier molecular flexibility index (Phi) is 8.00. The molecule has 1 amide bonds. The smallest absolute Gasteiger partial charge is 0.242 e. The molecule has 0 spiro atoms. The molecular formula is C18H20Cl2N2O3S2. The van der Waals surface area contributed by atoms with Crippen LogP contribution in [-0.4, -0.2) is 32.4 Å². The number of amides is 1. The van der Waals surface area contributed by atoms with Crippen molar-refractivity contribution in [3.05, 3.63) is 58.1 Å². The molecule has 9 heteroatoms. The Balaban J connectivity index is 2.26. The molecule has 1 atom stereocenters. The molecule has 0 fully saturated rings. The third kappa shape index (κ3) is 6.12. The van der Waals surface area contributed by atoms with Gasteiger partial charge in [0, 0.05) is 10.7 Å². The van der Waals surface area contributed by atoms with Gasteiger partial charge in [-0.1, -0.05) is 41.4 Å². The van der Waals surface area contributed by atoms with Crippen LogP contribution < -0.4 is 10.0 Å². The first-order valence-electron chi connectivity index (χ1n) is 8.07. The van der Waals surface area contributed by atoms with E-state index < -0.39 is 22.0 Å². The maximum atomic E-state index is 12.8. The zero-order valence-corrected chi connectivity index (χ0v) is 18.0. The second-order valence-corrected chi connectivity index (χ2v) is 9.35. The standard InChI is InChI=1S/C18H20Cl2N2O3S2/c1-12-5-3-4-6-15(12)21-18(23)16(9-10-26-2)22-27(24,25)17-11-13(19)7-8-14(17)20/h3-8,11,16,22H,9-10H2,1-2H3,(H,21,23). The Hall–Kier alpha value is -1.25. The number of nitrogens with one attached hydrogen (secondary N) is 2. The number of anilines is 1. The first-order chi connectivity index (χ1) is 12.7. The van der Waals surface area contributed by atoms with Gasteiger partial charge < -0.3 is 5.32 Å². The van der Waals surface area contributed by atoms with E-state index in [9.17, 15) is 13.2 Å². The number of thioether (sulfide) groups is 1. The molecule has 0 radical (unpaired) electrons. The van der Waals surface area contributed by atoms with Crippen molar-refractivity contribution in [3.63, 3.8) is 0 Å². The molecule has 0 aliphatic heterocycles. The molecule has 0 aliphatic carbocycles. The first-order valence-corrected chi connectivity index (χ1v) is 11.7. The van der Waals surface area contributed by atoms with Gasteiger partial charge >= 0.3 is 0 Å². The fraction of sp³-hybridized carbons (Fsp3) is 0.278. The summed E-state index contributed by atoms with van der Waals surface area (Å²) in [7, 11) is -4.03. The van der Waals surface area contributed by atoms with Crippen LogP contribution in [0.4, 0.5) is 5.69 Å². The Bertz CT molecular complexity index is 921. The van der Waals surface area contributed by atoms with Crippen molar-refractivity contribution in [2.45, 2.75) is 24.3 Å². The van der Waals surface area contributed by atoms with Crippen molar-refractivity contribution in [1.29, 1.82) is 0 Å². The van der Waals surface area contributed by atoms with E-state index in [1.54, 1.807) is 12.1 Å². The number of rotatable bonds is 8. The zero-order valence-electron chi connectivity index (χ0n) is 14.8. The van der Waals surface area contributed by atoms with Crippen LogP contribution in [0.1, 0.15) is 12.0 Å².